The predicted molar refractivity (Wildman–Crippen MR) is 91.0 cm³/mol. The molecule has 0 radical (unpaired) electrons. The molecule has 1 amide bonds. The van der Waals surface area contributed by atoms with Crippen LogP contribution in [0.25, 0.3) is 0 Å². The Kier molecular flexibility index (Phi) is 4.96. The van der Waals surface area contributed by atoms with Crippen molar-refractivity contribution in [2.75, 3.05) is 26.7 Å². The van der Waals surface area contributed by atoms with E-state index in [1.54, 1.807) is 25.4 Å². The molecular weight excluding hydrogens is 306 g/mol. The minimum absolute atomic E-state index is 0.0469. The third-order valence-electron chi connectivity index (χ3n) is 4.27. The van der Waals surface area contributed by atoms with E-state index in [0.717, 1.165) is 17.9 Å². The van der Waals surface area contributed by atoms with Crippen LogP contribution >= 0.6 is 0 Å². The highest BCUT2D eigenvalue weighted by atomic mass is 16.5. The topological polar surface area (TPSA) is 63.6 Å². The molecule has 1 aromatic carbocycles. The second-order valence-electron chi connectivity index (χ2n) is 5.72. The second kappa shape index (κ2) is 7.31. The van der Waals surface area contributed by atoms with E-state index in [-0.39, 0.29) is 24.1 Å². The fraction of sp³-hybridized carbons (Fsp3) is 0.333. The molecule has 6 nitrogen and oxygen atoms in total. The summed E-state index contributed by atoms with van der Waals surface area (Å²) >= 11 is 0. The van der Waals surface area contributed by atoms with Crippen molar-refractivity contribution in [1.29, 1.82) is 0 Å². The van der Waals surface area contributed by atoms with Gasteiger partial charge in [0.25, 0.3) is 5.56 Å². The number of benzene rings is 1. The summed E-state index contributed by atoms with van der Waals surface area (Å²) in [6, 6.07) is 12.5. The van der Waals surface area contributed by atoms with Gasteiger partial charge in [0.15, 0.2) is 0 Å². The van der Waals surface area contributed by atoms with E-state index in [2.05, 4.69) is 5.32 Å². The molecule has 1 aliphatic rings. The number of methoxy groups -OCH3 is 1. The first-order chi connectivity index (χ1) is 11.7. The van der Waals surface area contributed by atoms with Crippen molar-refractivity contribution in [2.45, 2.75) is 12.6 Å². The van der Waals surface area contributed by atoms with E-state index < -0.39 is 0 Å². The summed E-state index contributed by atoms with van der Waals surface area (Å²) in [6.07, 6.45) is 1.64. The summed E-state index contributed by atoms with van der Waals surface area (Å²) in [5.74, 6) is 0.696. The van der Waals surface area contributed by atoms with E-state index in [0.29, 0.717) is 13.1 Å². The molecule has 1 aromatic heterocycles. The van der Waals surface area contributed by atoms with Gasteiger partial charge in [-0.15, -0.1) is 0 Å². The molecule has 6 heteroatoms. The first-order valence-corrected chi connectivity index (χ1v) is 7.99. The van der Waals surface area contributed by atoms with Crippen LogP contribution in [-0.2, 0) is 11.3 Å². The van der Waals surface area contributed by atoms with Crippen LogP contribution in [0.1, 0.15) is 11.6 Å². The molecule has 126 valence electrons. The van der Waals surface area contributed by atoms with Crippen LogP contribution in [-0.4, -0.2) is 42.1 Å². The van der Waals surface area contributed by atoms with Crippen molar-refractivity contribution in [1.82, 2.24) is 14.8 Å². The number of aromatic nitrogens is 1. The minimum atomic E-state index is -0.171. The van der Waals surface area contributed by atoms with Crippen molar-refractivity contribution in [2.24, 2.45) is 0 Å². The molecule has 1 fully saturated rings. The highest BCUT2D eigenvalue weighted by Crippen LogP contribution is 2.30. The van der Waals surface area contributed by atoms with Gasteiger partial charge in [-0.2, -0.15) is 0 Å². The van der Waals surface area contributed by atoms with Crippen LogP contribution in [0.4, 0.5) is 0 Å². The van der Waals surface area contributed by atoms with Gasteiger partial charge in [-0.05, 0) is 12.1 Å². The lowest BCUT2D eigenvalue weighted by atomic mass is 10.0. The second-order valence-corrected chi connectivity index (χ2v) is 5.72. The summed E-state index contributed by atoms with van der Waals surface area (Å²) in [4.78, 5) is 26.5. The fourth-order valence-electron chi connectivity index (χ4n) is 3.05. The van der Waals surface area contributed by atoms with Crippen molar-refractivity contribution in [3.8, 4) is 5.75 Å². The monoisotopic (exact) mass is 327 g/mol. The zero-order chi connectivity index (χ0) is 16.9. The van der Waals surface area contributed by atoms with Crippen LogP contribution in [0, 0.1) is 0 Å². The molecule has 1 N–H and O–H groups in total. The zero-order valence-corrected chi connectivity index (χ0v) is 13.6. The number of hydrogen-bond acceptors (Lipinski definition) is 4. The molecule has 0 bridgehead atoms. The SMILES string of the molecule is COc1ccccc1C1CNCCN1C(=O)Cn1ccccc1=O. The Hall–Kier alpha value is -2.60. The maximum Gasteiger partial charge on any atom is 0.250 e. The molecule has 0 spiro atoms. The first-order valence-electron chi connectivity index (χ1n) is 7.99. The third-order valence-corrected chi connectivity index (χ3v) is 4.27. The van der Waals surface area contributed by atoms with Gasteiger partial charge >= 0.3 is 0 Å². The molecule has 1 unspecified atom stereocenters. The predicted octanol–water partition coefficient (Wildman–Crippen LogP) is 1.03. The first kappa shape index (κ1) is 16.3. The van der Waals surface area contributed by atoms with Gasteiger partial charge in [-0.1, -0.05) is 24.3 Å². The molecule has 24 heavy (non-hydrogen) atoms. The van der Waals surface area contributed by atoms with Gasteiger partial charge in [0.2, 0.25) is 5.91 Å². The van der Waals surface area contributed by atoms with Gasteiger partial charge in [-0.25, -0.2) is 0 Å². The van der Waals surface area contributed by atoms with Crippen molar-refractivity contribution < 1.29 is 9.53 Å². The molecule has 2 heterocycles. The number of para-hydroxylation sites is 1. The molecule has 1 saturated heterocycles. The van der Waals surface area contributed by atoms with E-state index in [1.165, 1.54) is 10.6 Å². The van der Waals surface area contributed by atoms with Gasteiger partial charge in [-0.3, -0.25) is 9.59 Å². The fourth-order valence-corrected chi connectivity index (χ4v) is 3.05. The maximum absolute atomic E-state index is 12.8. The zero-order valence-electron chi connectivity index (χ0n) is 13.6. The molecule has 1 aliphatic heterocycles. The minimum Gasteiger partial charge on any atom is -0.496 e. The molecule has 0 aliphatic carbocycles. The number of nitrogens with zero attached hydrogens (tertiary/aromatic N) is 2. The van der Waals surface area contributed by atoms with Crippen LogP contribution < -0.4 is 15.6 Å². The van der Waals surface area contributed by atoms with Crippen LogP contribution in [0.5, 0.6) is 5.75 Å². The van der Waals surface area contributed by atoms with E-state index in [1.807, 2.05) is 29.2 Å². The molecule has 0 saturated carbocycles. The Bertz CT molecular complexity index is 772. The largest absolute Gasteiger partial charge is 0.496 e. The van der Waals surface area contributed by atoms with E-state index in [9.17, 15) is 9.59 Å². The molecule has 1 atom stereocenters. The van der Waals surface area contributed by atoms with Gasteiger partial charge in [0.1, 0.15) is 12.3 Å². The average molecular weight is 327 g/mol. The highest BCUT2D eigenvalue weighted by Gasteiger charge is 2.29. The number of carbonyl (C=O) groups excluding carboxylic acids is 1. The lowest BCUT2D eigenvalue weighted by Crippen LogP contribution is -2.50. The van der Waals surface area contributed by atoms with Crippen LogP contribution in [0.2, 0.25) is 0 Å². The number of amides is 1. The summed E-state index contributed by atoms with van der Waals surface area (Å²) in [5, 5.41) is 3.33. The quantitative estimate of drug-likeness (QED) is 0.911. The van der Waals surface area contributed by atoms with Crippen LogP contribution in [0.3, 0.4) is 0 Å². The van der Waals surface area contributed by atoms with Gasteiger partial charge in [0, 0.05) is 37.5 Å². The summed E-state index contributed by atoms with van der Waals surface area (Å²) in [7, 11) is 1.63. The lowest BCUT2D eigenvalue weighted by Gasteiger charge is -2.37. The number of rotatable bonds is 4. The molecule has 3 rings (SSSR count). The number of carbonyl (C=O) groups is 1. The average Bonchev–Trinajstić information content (AvgIpc) is 2.63. The molecule has 2 aromatic rings. The standard InChI is InChI=1S/C18H21N3O3/c1-24-16-7-3-2-6-14(16)15-12-19-9-11-21(15)18(23)13-20-10-5-4-8-17(20)22/h2-8,10,15,19H,9,11-13H2,1H3. The number of nitrogens with one attached hydrogen (secondary N) is 1. The Balaban J connectivity index is 1.85. The smallest absolute Gasteiger partial charge is 0.250 e. The third kappa shape index (κ3) is 3.33. The Morgan fingerprint density at radius 1 is 1.25 bits per heavy atom. The Morgan fingerprint density at radius 2 is 2.04 bits per heavy atom. The number of piperazine rings is 1. The number of pyridine rings is 1. The van der Waals surface area contributed by atoms with E-state index >= 15 is 0 Å². The molecular formula is C18H21N3O3. The maximum atomic E-state index is 12.8. The van der Waals surface area contributed by atoms with Crippen LogP contribution in [0.15, 0.2) is 53.5 Å². The Labute approximate surface area is 140 Å². The number of ether oxygens (including phenoxy) is 1. The summed E-state index contributed by atoms with van der Waals surface area (Å²) < 4.78 is 6.88. The van der Waals surface area contributed by atoms with Gasteiger partial charge in [0.05, 0.1) is 13.2 Å². The van der Waals surface area contributed by atoms with Gasteiger partial charge < -0.3 is 19.5 Å². The van der Waals surface area contributed by atoms with Crippen molar-refractivity contribution in [3.63, 3.8) is 0 Å². The van der Waals surface area contributed by atoms with Crippen molar-refractivity contribution >= 4 is 5.91 Å². The summed E-state index contributed by atoms with van der Waals surface area (Å²) in [6.45, 7) is 2.05. The summed E-state index contributed by atoms with van der Waals surface area (Å²) in [5.41, 5.74) is 0.802. The van der Waals surface area contributed by atoms with E-state index in [4.69, 9.17) is 4.74 Å². The normalized spacial score (nSPS) is 17.5. The lowest BCUT2D eigenvalue weighted by molar-refractivity contribution is -0.135. The number of hydrogen-bond donors (Lipinski definition) is 1. The van der Waals surface area contributed by atoms with Crippen molar-refractivity contribution in [3.05, 3.63) is 64.6 Å². The highest BCUT2D eigenvalue weighted by molar-refractivity contribution is 5.77. The Morgan fingerprint density at radius 3 is 2.83 bits per heavy atom.